The molecule has 0 radical (unpaired) electrons. The number of aromatic nitrogens is 2. The Labute approximate surface area is 183 Å². The van der Waals surface area contributed by atoms with Crippen molar-refractivity contribution < 1.29 is 14.4 Å². The highest BCUT2D eigenvalue weighted by atomic mass is 16.2. The molecule has 1 aliphatic rings. The number of benzene rings is 1. The normalized spacial score (nSPS) is 14.6. The molecule has 1 aromatic heterocycles. The van der Waals surface area contributed by atoms with Gasteiger partial charge in [0.2, 0.25) is 5.91 Å². The molecule has 1 aliphatic heterocycles. The van der Waals surface area contributed by atoms with Crippen LogP contribution in [0.1, 0.15) is 58.8 Å². The van der Waals surface area contributed by atoms with Crippen molar-refractivity contribution in [1.29, 1.82) is 0 Å². The second kappa shape index (κ2) is 9.76. The molecule has 0 spiro atoms. The molecule has 1 N–H and O–H groups in total. The number of carbonyl (C=O) groups excluding carboxylic acids is 3. The van der Waals surface area contributed by atoms with E-state index in [0.29, 0.717) is 25.3 Å². The summed E-state index contributed by atoms with van der Waals surface area (Å²) >= 11 is 0. The van der Waals surface area contributed by atoms with Crippen LogP contribution in [-0.4, -0.2) is 63.5 Å². The van der Waals surface area contributed by atoms with Gasteiger partial charge in [-0.3, -0.25) is 19.1 Å². The van der Waals surface area contributed by atoms with Crippen molar-refractivity contribution in [2.75, 3.05) is 20.1 Å². The number of likely N-dealkylation sites (N-methyl/N-ethyl adjacent to an activating group) is 1. The van der Waals surface area contributed by atoms with E-state index in [9.17, 15) is 14.4 Å². The summed E-state index contributed by atoms with van der Waals surface area (Å²) in [6.07, 6.45) is 1.57. The minimum atomic E-state index is -0.377. The molecule has 0 saturated heterocycles. The molecule has 2 heterocycles. The Morgan fingerprint density at radius 2 is 1.94 bits per heavy atom. The van der Waals surface area contributed by atoms with Gasteiger partial charge in [-0.1, -0.05) is 36.8 Å². The number of nitrogens with zero attached hydrogens (tertiary/aromatic N) is 4. The molecule has 0 fully saturated rings. The second-order valence-electron chi connectivity index (χ2n) is 8.24. The van der Waals surface area contributed by atoms with Crippen molar-refractivity contribution in [3.8, 4) is 0 Å². The van der Waals surface area contributed by atoms with Crippen molar-refractivity contribution in [1.82, 2.24) is 24.9 Å². The number of fused-ring (bicyclic) bond motifs is 1. The number of nitrogens with one attached hydrogen (secondary N) is 1. The highest BCUT2D eigenvalue weighted by Gasteiger charge is 2.27. The Balaban J connectivity index is 1.70. The first-order valence-corrected chi connectivity index (χ1v) is 10.8. The predicted octanol–water partition coefficient (Wildman–Crippen LogP) is 2.22. The van der Waals surface area contributed by atoms with Crippen LogP contribution in [0.15, 0.2) is 30.3 Å². The molecule has 8 nitrogen and oxygen atoms in total. The maximum Gasteiger partial charge on any atom is 0.274 e. The number of amides is 3. The van der Waals surface area contributed by atoms with Crippen LogP contribution in [0, 0.1) is 6.92 Å². The van der Waals surface area contributed by atoms with E-state index >= 15 is 0 Å². The molecular weight excluding hydrogens is 394 g/mol. The molecule has 1 atom stereocenters. The smallest absolute Gasteiger partial charge is 0.274 e. The van der Waals surface area contributed by atoms with Gasteiger partial charge in [0.05, 0.1) is 6.54 Å². The van der Waals surface area contributed by atoms with Gasteiger partial charge < -0.3 is 15.1 Å². The largest absolute Gasteiger partial charge is 0.352 e. The highest BCUT2D eigenvalue weighted by molar-refractivity contribution is 5.99. The zero-order valence-corrected chi connectivity index (χ0v) is 18.7. The number of rotatable bonds is 7. The average Bonchev–Trinajstić information content (AvgIpc) is 3.11. The fourth-order valence-electron chi connectivity index (χ4n) is 3.51. The maximum absolute atomic E-state index is 13.1. The van der Waals surface area contributed by atoms with E-state index in [4.69, 9.17) is 0 Å². The average molecular weight is 426 g/mol. The van der Waals surface area contributed by atoms with E-state index in [1.54, 1.807) is 22.7 Å². The molecule has 1 aromatic carbocycles. The van der Waals surface area contributed by atoms with Gasteiger partial charge in [0.15, 0.2) is 5.69 Å². The monoisotopic (exact) mass is 425 g/mol. The fraction of sp³-hybridized carbons (Fsp3) is 0.478. The third-order valence-electron chi connectivity index (χ3n) is 5.54. The Hall–Kier alpha value is -3.16. The van der Waals surface area contributed by atoms with Gasteiger partial charge in [0.25, 0.3) is 11.8 Å². The molecule has 0 bridgehead atoms. The Morgan fingerprint density at radius 1 is 1.23 bits per heavy atom. The molecule has 0 aliphatic carbocycles. The van der Waals surface area contributed by atoms with E-state index in [1.165, 1.54) is 10.5 Å². The van der Waals surface area contributed by atoms with Gasteiger partial charge in [-0.05, 0) is 32.3 Å². The summed E-state index contributed by atoms with van der Waals surface area (Å²) in [5.41, 5.74) is 2.83. The zero-order valence-electron chi connectivity index (χ0n) is 18.7. The van der Waals surface area contributed by atoms with Crippen molar-refractivity contribution in [3.05, 3.63) is 52.8 Å². The first-order valence-electron chi connectivity index (χ1n) is 10.8. The van der Waals surface area contributed by atoms with E-state index in [-0.39, 0.29) is 36.0 Å². The highest BCUT2D eigenvalue weighted by Crippen LogP contribution is 2.17. The van der Waals surface area contributed by atoms with Crippen LogP contribution in [0.2, 0.25) is 0 Å². The zero-order chi connectivity index (χ0) is 22.5. The van der Waals surface area contributed by atoms with Gasteiger partial charge in [0, 0.05) is 38.8 Å². The van der Waals surface area contributed by atoms with Crippen molar-refractivity contribution in [3.63, 3.8) is 0 Å². The predicted molar refractivity (Wildman–Crippen MR) is 118 cm³/mol. The molecule has 166 valence electrons. The molecular formula is C23H31N5O3. The van der Waals surface area contributed by atoms with Gasteiger partial charge >= 0.3 is 0 Å². The lowest BCUT2D eigenvalue weighted by Crippen LogP contribution is -2.41. The summed E-state index contributed by atoms with van der Waals surface area (Å²) in [5.74, 6) is -0.731. The van der Waals surface area contributed by atoms with Gasteiger partial charge in [0.1, 0.15) is 5.69 Å². The van der Waals surface area contributed by atoms with E-state index in [2.05, 4.69) is 10.4 Å². The number of hydrogen-bond donors (Lipinski definition) is 1. The molecule has 2 aromatic rings. The molecule has 0 saturated carbocycles. The van der Waals surface area contributed by atoms with Crippen molar-refractivity contribution >= 4 is 17.7 Å². The van der Waals surface area contributed by atoms with E-state index < -0.39 is 0 Å². The van der Waals surface area contributed by atoms with Gasteiger partial charge in [-0.2, -0.15) is 5.10 Å². The Bertz CT molecular complexity index is 951. The molecule has 3 amide bonds. The second-order valence-corrected chi connectivity index (χ2v) is 8.24. The summed E-state index contributed by atoms with van der Waals surface area (Å²) in [6, 6.07) is 9.72. The number of hydrogen-bond acceptors (Lipinski definition) is 4. The lowest BCUT2D eigenvalue weighted by Gasteiger charge is -2.20. The van der Waals surface area contributed by atoms with Crippen LogP contribution in [0.25, 0.3) is 0 Å². The van der Waals surface area contributed by atoms with E-state index in [0.717, 1.165) is 18.4 Å². The minimum Gasteiger partial charge on any atom is -0.352 e. The summed E-state index contributed by atoms with van der Waals surface area (Å²) in [7, 11) is 1.56. The van der Waals surface area contributed by atoms with Gasteiger partial charge in [-0.25, -0.2) is 0 Å². The summed E-state index contributed by atoms with van der Waals surface area (Å²) in [6.45, 7) is 7.59. The van der Waals surface area contributed by atoms with Crippen LogP contribution in [0.3, 0.4) is 0 Å². The molecule has 1 unspecified atom stereocenters. The molecule has 3 rings (SSSR count). The van der Waals surface area contributed by atoms with Crippen LogP contribution < -0.4 is 5.32 Å². The summed E-state index contributed by atoms with van der Waals surface area (Å²) < 4.78 is 1.61. The molecule has 8 heteroatoms. The third kappa shape index (κ3) is 5.51. The standard InChI is InChI=1S/C23H31N5O3/c1-5-17(3)24-21(29)15-26(4)22(30)19-13-20-23(31)27(11-6-12-28(20)25-19)14-18-9-7-16(2)8-10-18/h7-10,13,17H,5-6,11-12,14-15H2,1-4H3,(H,24,29). The van der Waals surface area contributed by atoms with Crippen LogP contribution in [-0.2, 0) is 17.9 Å². The summed E-state index contributed by atoms with van der Waals surface area (Å²) in [4.78, 5) is 41.1. The van der Waals surface area contributed by atoms with Crippen LogP contribution >= 0.6 is 0 Å². The van der Waals surface area contributed by atoms with Crippen molar-refractivity contribution in [2.24, 2.45) is 0 Å². The Morgan fingerprint density at radius 3 is 2.61 bits per heavy atom. The topological polar surface area (TPSA) is 87.5 Å². The number of aryl methyl sites for hydroxylation is 2. The lowest BCUT2D eigenvalue weighted by atomic mass is 10.1. The van der Waals surface area contributed by atoms with Crippen molar-refractivity contribution in [2.45, 2.75) is 52.7 Å². The minimum absolute atomic E-state index is 0.0526. The van der Waals surface area contributed by atoms with E-state index in [1.807, 2.05) is 45.0 Å². The quantitative estimate of drug-likeness (QED) is 0.737. The van der Waals surface area contributed by atoms with Crippen LogP contribution in [0.4, 0.5) is 0 Å². The Kier molecular flexibility index (Phi) is 7.09. The SMILES string of the molecule is CCC(C)NC(=O)CN(C)C(=O)c1cc2n(n1)CCCN(Cc1ccc(C)cc1)C2=O. The lowest BCUT2D eigenvalue weighted by molar-refractivity contribution is -0.122. The maximum atomic E-state index is 13.1. The first kappa shape index (κ1) is 22.5. The fourth-order valence-corrected chi connectivity index (χ4v) is 3.51. The first-order chi connectivity index (χ1) is 14.8. The number of carbonyl (C=O) groups is 3. The van der Waals surface area contributed by atoms with Crippen LogP contribution in [0.5, 0.6) is 0 Å². The van der Waals surface area contributed by atoms with Gasteiger partial charge in [-0.15, -0.1) is 0 Å². The summed E-state index contributed by atoms with van der Waals surface area (Å²) in [5, 5.41) is 7.21. The third-order valence-corrected chi connectivity index (χ3v) is 5.54. The molecule has 31 heavy (non-hydrogen) atoms.